The summed E-state index contributed by atoms with van der Waals surface area (Å²) in [4.78, 5) is 12.2. The zero-order valence-corrected chi connectivity index (χ0v) is 10.3. The van der Waals surface area contributed by atoms with Crippen molar-refractivity contribution in [2.24, 2.45) is 0 Å². The van der Waals surface area contributed by atoms with E-state index in [4.69, 9.17) is 5.73 Å². The smallest absolute Gasteiger partial charge is 0.195 e. The molecule has 0 bridgehead atoms. The number of carbonyl (C=O) groups is 1. The summed E-state index contributed by atoms with van der Waals surface area (Å²) in [5, 5.41) is 0. The van der Waals surface area contributed by atoms with Gasteiger partial charge in [0.15, 0.2) is 5.78 Å². The second-order valence-electron chi connectivity index (χ2n) is 4.36. The molecule has 92 valence electrons. The molecule has 2 aromatic rings. The molecule has 0 aliphatic heterocycles. The summed E-state index contributed by atoms with van der Waals surface area (Å²) in [6.07, 6.45) is 0. The standard InChI is InChI=1S/C15H14FNO/c1-9-3-4-11(7-10(9)2)15(18)13-8-12(16)5-6-14(13)17/h3-8H,17H2,1-2H3. The Balaban J connectivity index is 2.47. The molecule has 0 saturated heterocycles. The molecule has 0 atom stereocenters. The lowest BCUT2D eigenvalue weighted by molar-refractivity contribution is 0.103. The third-order valence-corrected chi connectivity index (χ3v) is 3.03. The summed E-state index contributed by atoms with van der Waals surface area (Å²) in [5.41, 5.74) is 8.86. The molecule has 2 nitrogen and oxygen atoms in total. The first-order valence-corrected chi connectivity index (χ1v) is 5.66. The zero-order valence-electron chi connectivity index (χ0n) is 10.3. The summed E-state index contributed by atoms with van der Waals surface area (Å²) in [6, 6.07) is 9.22. The van der Waals surface area contributed by atoms with Crippen molar-refractivity contribution < 1.29 is 9.18 Å². The Bertz CT molecular complexity index is 620. The molecule has 2 aromatic carbocycles. The summed E-state index contributed by atoms with van der Waals surface area (Å²) in [6.45, 7) is 3.90. The van der Waals surface area contributed by atoms with Crippen LogP contribution >= 0.6 is 0 Å². The average Bonchev–Trinajstić information content (AvgIpc) is 2.35. The largest absolute Gasteiger partial charge is 0.398 e. The fourth-order valence-corrected chi connectivity index (χ4v) is 1.76. The third kappa shape index (κ3) is 2.25. The van der Waals surface area contributed by atoms with Crippen LogP contribution in [-0.2, 0) is 0 Å². The fraction of sp³-hybridized carbons (Fsp3) is 0.133. The molecule has 18 heavy (non-hydrogen) atoms. The number of nitrogen functional groups attached to an aromatic ring is 1. The highest BCUT2D eigenvalue weighted by Crippen LogP contribution is 2.19. The van der Waals surface area contributed by atoms with Crippen LogP contribution in [0.25, 0.3) is 0 Å². The van der Waals surface area contributed by atoms with Gasteiger partial charge in [0, 0.05) is 16.8 Å². The van der Waals surface area contributed by atoms with Crippen molar-refractivity contribution >= 4 is 11.5 Å². The summed E-state index contributed by atoms with van der Waals surface area (Å²) in [7, 11) is 0. The molecular weight excluding hydrogens is 229 g/mol. The van der Waals surface area contributed by atoms with E-state index in [1.807, 2.05) is 19.9 Å². The number of anilines is 1. The number of halogens is 1. The van der Waals surface area contributed by atoms with Crippen LogP contribution in [0, 0.1) is 19.7 Å². The number of rotatable bonds is 2. The molecule has 0 unspecified atom stereocenters. The van der Waals surface area contributed by atoms with Gasteiger partial charge in [-0.1, -0.05) is 12.1 Å². The van der Waals surface area contributed by atoms with Gasteiger partial charge in [0.1, 0.15) is 5.82 Å². The Hall–Kier alpha value is -2.16. The molecule has 0 spiro atoms. The number of benzene rings is 2. The van der Waals surface area contributed by atoms with E-state index in [2.05, 4.69) is 0 Å². The summed E-state index contributed by atoms with van der Waals surface area (Å²) in [5.74, 6) is -0.716. The number of carbonyl (C=O) groups excluding carboxylic acids is 1. The predicted molar refractivity (Wildman–Crippen MR) is 70.2 cm³/mol. The van der Waals surface area contributed by atoms with Gasteiger partial charge in [-0.2, -0.15) is 0 Å². The van der Waals surface area contributed by atoms with Crippen molar-refractivity contribution in [2.75, 3.05) is 5.73 Å². The molecule has 0 radical (unpaired) electrons. The first-order chi connectivity index (χ1) is 8.49. The van der Waals surface area contributed by atoms with Crippen LogP contribution in [0.3, 0.4) is 0 Å². The minimum Gasteiger partial charge on any atom is -0.398 e. The van der Waals surface area contributed by atoms with Gasteiger partial charge in [0.2, 0.25) is 0 Å². The predicted octanol–water partition coefficient (Wildman–Crippen LogP) is 3.26. The van der Waals surface area contributed by atoms with Crippen LogP contribution < -0.4 is 5.73 Å². The molecule has 2 rings (SSSR count). The molecule has 3 heteroatoms. The van der Waals surface area contributed by atoms with Gasteiger partial charge in [-0.3, -0.25) is 4.79 Å². The second kappa shape index (κ2) is 4.61. The maximum Gasteiger partial charge on any atom is 0.195 e. The van der Waals surface area contributed by atoms with Crippen molar-refractivity contribution in [1.29, 1.82) is 0 Å². The summed E-state index contributed by atoms with van der Waals surface area (Å²) >= 11 is 0. The van der Waals surface area contributed by atoms with Crippen LogP contribution in [0.5, 0.6) is 0 Å². The third-order valence-electron chi connectivity index (χ3n) is 3.03. The van der Waals surface area contributed by atoms with Crippen molar-refractivity contribution in [2.45, 2.75) is 13.8 Å². The summed E-state index contributed by atoms with van der Waals surface area (Å²) < 4.78 is 13.2. The second-order valence-corrected chi connectivity index (χ2v) is 4.36. The Kier molecular flexibility index (Phi) is 3.15. The van der Waals surface area contributed by atoms with Crippen LogP contribution in [0.4, 0.5) is 10.1 Å². The normalized spacial score (nSPS) is 10.4. The lowest BCUT2D eigenvalue weighted by Gasteiger charge is -2.07. The van der Waals surface area contributed by atoms with Gasteiger partial charge in [-0.25, -0.2) is 4.39 Å². The maximum absolute atomic E-state index is 13.2. The van der Waals surface area contributed by atoms with Crippen LogP contribution in [0.15, 0.2) is 36.4 Å². The lowest BCUT2D eigenvalue weighted by atomic mass is 9.98. The Morgan fingerprint density at radius 3 is 2.44 bits per heavy atom. The van der Waals surface area contributed by atoms with Gasteiger partial charge in [-0.15, -0.1) is 0 Å². The van der Waals surface area contributed by atoms with E-state index in [9.17, 15) is 9.18 Å². The van der Waals surface area contributed by atoms with Gasteiger partial charge in [0.25, 0.3) is 0 Å². The van der Waals surface area contributed by atoms with Gasteiger partial charge < -0.3 is 5.73 Å². The van der Waals surface area contributed by atoms with E-state index in [0.29, 0.717) is 11.3 Å². The van der Waals surface area contributed by atoms with E-state index >= 15 is 0 Å². The van der Waals surface area contributed by atoms with Crippen molar-refractivity contribution in [3.05, 3.63) is 64.5 Å². The Morgan fingerprint density at radius 1 is 1.06 bits per heavy atom. The van der Waals surface area contributed by atoms with E-state index < -0.39 is 5.82 Å². The van der Waals surface area contributed by atoms with Crippen molar-refractivity contribution in [1.82, 2.24) is 0 Å². The van der Waals surface area contributed by atoms with E-state index in [1.165, 1.54) is 18.2 Å². The van der Waals surface area contributed by atoms with Crippen LogP contribution in [-0.4, -0.2) is 5.78 Å². The van der Waals surface area contributed by atoms with Crippen molar-refractivity contribution in [3.63, 3.8) is 0 Å². The zero-order chi connectivity index (χ0) is 13.3. The van der Waals surface area contributed by atoms with Gasteiger partial charge in [0.05, 0.1) is 0 Å². The maximum atomic E-state index is 13.2. The van der Waals surface area contributed by atoms with Crippen molar-refractivity contribution in [3.8, 4) is 0 Å². The highest BCUT2D eigenvalue weighted by atomic mass is 19.1. The SMILES string of the molecule is Cc1ccc(C(=O)c2cc(F)ccc2N)cc1C. The average molecular weight is 243 g/mol. The molecule has 2 N–H and O–H groups in total. The number of hydrogen-bond acceptors (Lipinski definition) is 2. The Morgan fingerprint density at radius 2 is 1.78 bits per heavy atom. The van der Waals surface area contributed by atoms with Gasteiger partial charge >= 0.3 is 0 Å². The quantitative estimate of drug-likeness (QED) is 0.650. The monoisotopic (exact) mass is 243 g/mol. The lowest BCUT2D eigenvalue weighted by Crippen LogP contribution is -2.06. The number of aryl methyl sites for hydroxylation is 2. The van der Waals surface area contributed by atoms with Crippen LogP contribution in [0.1, 0.15) is 27.0 Å². The fourth-order valence-electron chi connectivity index (χ4n) is 1.76. The minimum atomic E-state index is -0.462. The molecular formula is C15H14FNO. The molecule has 0 aromatic heterocycles. The number of nitrogens with two attached hydrogens (primary N) is 1. The number of ketones is 1. The van der Waals surface area contributed by atoms with Gasteiger partial charge in [-0.05, 0) is 49.2 Å². The topological polar surface area (TPSA) is 43.1 Å². The molecule has 0 heterocycles. The first kappa shape index (κ1) is 12.3. The van der Waals surface area contributed by atoms with E-state index in [1.54, 1.807) is 12.1 Å². The Labute approximate surface area is 105 Å². The molecule has 0 saturated carbocycles. The van der Waals surface area contributed by atoms with E-state index in [0.717, 1.165) is 11.1 Å². The molecule has 0 aliphatic rings. The highest BCUT2D eigenvalue weighted by molar-refractivity contribution is 6.12. The van der Waals surface area contributed by atoms with E-state index in [-0.39, 0.29) is 11.3 Å². The minimum absolute atomic E-state index is 0.207. The molecule has 0 aliphatic carbocycles. The number of hydrogen-bond donors (Lipinski definition) is 1. The first-order valence-electron chi connectivity index (χ1n) is 5.66. The van der Waals surface area contributed by atoms with Crippen LogP contribution in [0.2, 0.25) is 0 Å². The molecule has 0 fully saturated rings. The highest BCUT2D eigenvalue weighted by Gasteiger charge is 2.13. The molecule has 0 amide bonds.